The molecule has 0 radical (unpaired) electrons. The Labute approximate surface area is 107 Å². The first-order chi connectivity index (χ1) is 8.58. The van der Waals surface area contributed by atoms with E-state index in [0.29, 0.717) is 18.0 Å². The summed E-state index contributed by atoms with van der Waals surface area (Å²) in [5, 5.41) is 2.81. The van der Waals surface area contributed by atoms with Crippen LogP contribution in [-0.4, -0.2) is 32.7 Å². The van der Waals surface area contributed by atoms with Gasteiger partial charge in [-0.05, 0) is 24.6 Å². The van der Waals surface area contributed by atoms with Crippen LogP contribution in [0.3, 0.4) is 0 Å². The van der Waals surface area contributed by atoms with Crippen molar-refractivity contribution in [2.75, 3.05) is 20.8 Å². The Balaban J connectivity index is 2.74. The fourth-order valence-corrected chi connectivity index (χ4v) is 1.54. The highest BCUT2D eigenvalue weighted by Crippen LogP contribution is 2.22. The van der Waals surface area contributed by atoms with E-state index in [1.54, 1.807) is 20.3 Å². The van der Waals surface area contributed by atoms with Crippen LogP contribution in [0, 0.1) is 0 Å². The van der Waals surface area contributed by atoms with Crippen molar-refractivity contribution in [3.8, 4) is 11.5 Å². The van der Waals surface area contributed by atoms with Crippen LogP contribution in [0.2, 0.25) is 0 Å². The predicted molar refractivity (Wildman–Crippen MR) is 69.9 cm³/mol. The number of nitrogens with two attached hydrogens (primary N) is 1. The molecule has 0 saturated carbocycles. The SMILES string of the molecule is COc1cc(CC(=O)NC(C)CN)cc(OC)c1. The van der Waals surface area contributed by atoms with Crippen LogP contribution in [0.25, 0.3) is 0 Å². The molecule has 1 aromatic rings. The van der Waals surface area contributed by atoms with Gasteiger partial charge in [-0.15, -0.1) is 0 Å². The molecular formula is C13H20N2O3. The van der Waals surface area contributed by atoms with E-state index < -0.39 is 0 Å². The zero-order chi connectivity index (χ0) is 13.5. The first-order valence-corrected chi connectivity index (χ1v) is 5.80. The third kappa shape index (κ3) is 4.25. The molecule has 0 heterocycles. The quantitative estimate of drug-likeness (QED) is 0.782. The summed E-state index contributed by atoms with van der Waals surface area (Å²) in [4.78, 5) is 11.7. The van der Waals surface area contributed by atoms with Crippen molar-refractivity contribution >= 4 is 5.91 Å². The molecule has 0 saturated heterocycles. The summed E-state index contributed by atoms with van der Waals surface area (Å²) in [6.45, 7) is 2.29. The van der Waals surface area contributed by atoms with Gasteiger partial charge >= 0.3 is 0 Å². The van der Waals surface area contributed by atoms with Crippen LogP contribution in [0.5, 0.6) is 11.5 Å². The second-order valence-corrected chi connectivity index (χ2v) is 4.10. The molecule has 0 aliphatic rings. The van der Waals surface area contributed by atoms with Crippen LogP contribution in [0.15, 0.2) is 18.2 Å². The van der Waals surface area contributed by atoms with Crippen molar-refractivity contribution in [3.05, 3.63) is 23.8 Å². The molecule has 18 heavy (non-hydrogen) atoms. The molecule has 1 unspecified atom stereocenters. The van der Waals surface area contributed by atoms with E-state index >= 15 is 0 Å². The summed E-state index contributed by atoms with van der Waals surface area (Å²) in [5.41, 5.74) is 6.29. The second-order valence-electron chi connectivity index (χ2n) is 4.10. The Morgan fingerprint density at radius 1 is 1.28 bits per heavy atom. The molecule has 100 valence electrons. The maximum atomic E-state index is 11.7. The van der Waals surface area contributed by atoms with Crippen LogP contribution >= 0.6 is 0 Å². The van der Waals surface area contributed by atoms with Crippen LogP contribution in [0.1, 0.15) is 12.5 Å². The normalized spacial score (nSPS) is 11.8. The van der Waals surface area contributed by atoms with Gasteiger partial charge in [-0.1, -0.05) is 0 Å². The fraction of sp³-hybridized carbons (Fsp3) is 0.462. The standard InChI is InChI=1S/C13H20N2O3/c1-9(8-14)15-13(16)6-10-4-11(17-2)7-12(5-10)18-3/h4-5,7,9H,6,8,14H2,1-3H3,(H,15,16). The number of nitrogens with one attached hydrogen (secondary N) is 1. The van der Waals surface area contributed by atoms with Crippen molar-refractivity contribution in [1.29, 1.82) is 0 Å². The predicted octanol–water partition coefficient (Wildman–Crippen LogP) is 0.710. The maximum Gasteiger partial charge on any atom is 0.224 e. The van der Waals surface area contributed by atoms with E-state index in [2.05, 4.69) is 5.32 Å². The van der Waals surface area contributed by atoms with E-state index in [0.717, 1.165) is 5.56 Å². The van der Waals surface area contributed by atoms with Crippen LogP contribution < -0.4 is 20.5 Å². The molecule has 3 N–H and O–H groups in total. The number of hydrogen-bond donors (Lipinski definition) is 2. The van der Waals surface area contributed by atoms with Gasteiger partial charge < -0.3 is 20.5 Å². The number of ether oxygens (including phenoxy) is 2. The average Bonchev–Trinajstić information content (AvgIpc) is 2.37. The molecule has 0 aromatic heterocycles. The Bertz CT molecular complexity index is 385. The van der Waals surface area contributed by atoms with Gasteiger partial charge in [0.15, 0.2) is 0 Å². The fourth-order valence-electron chi connectivity index (χ4n) is 1.54. The van der Waals surface area contributed by atoms with Gasteiger partial charge in [-0.2, -0.15) is 0 Å². The Morgan fingerprint density at radius 2 is 1.83 bits per heavy atom. The third-order valence-corrected chi connectivity index (χ3v) is 2.54. The van der Waals surface area contributed by atoms with Gasteiger partial charge in [0.05, 0.1) is 20.6 Å². The molecule has 1 amide bonds. The average molecular weight is 252 g/mol. The first-order valence-electron chi connectivity index (χ1n) is 5.80. The summed E-state index contributed by atoms with van der Waals surface area (Å²) in [5.74, 6) is 1.27. The summed E-state index contributed by atoms with van der Waals surface area (Å²) in [6.07, 6.45) is 0.276. The van der Waals surface area contributed by atoms with Crippen molar-refractivity contribution < 1.29 is 14.3 Å². The molecule has 0 spiro atoms. The number of carbonyl (C=O) groups is 1. The largest absolute Gasteiger partial charge is 0.497 e. The molecule has 0 fully saturated rings. The van der Waals surface area contributed by atoms with E-state index in [1.165, 1.54) is 0 Å². The van der Waals surface area contributed by atoms with E-state index in [4.69, 9.17) is 15.2 Å². The molecule has 0 bridgehead atoms. The van der Waals surface area contributed by atoms with Crippen molar-refractivity contribution in [3.63, 3.8) is 0 Å². The summed E-state index contributed by atoms with van der Waals surface area (Å²) in [7, 11) is 3.16. The number of rotatable bonds is 6. The minimum Gasteiger partial charge on any atom is -0.497 e. The lowest BCUT2D eigenvalue weighted by Crippen LogP contribution is -2.38. The number of methoxy groups -OCH3 is 2. The Morgan fingerprint density at radius 3 is 2.28 bits per heavy atom. The number of carbonyl (C=O) groups excluding carboxylic acids is 1. The lowest BCUT2D eigenvalue weighted by atomic mass is 10.1. The zero-order valence-corrected chi connectivity index (χ0v) is 11.0. The van der Waals surface area contributed by atoms with Gasteiger partial charge in [0.25, 0.3) is 0 Å². The highest BCUT2D eigenvalue weighted by atomic mass is 16.5. The van der Waals surface area contributed by atoms with Crippen molar-refractivity contribution in [2.45, 2.75) is 19.4 Å². The topological polar surface area (TPSA) is 73.6 Å². The minimum atomic E-state index is -0.0664. The van der Waals surface area contributed by atoms with Crippen LogP contribution in [0.4, 0.5) is 0 Å². The molecule has 0 aliphatic carbocycles. The maximum absolute atomic E-state index is 11.7. The highest BCUT2D eigenvalue weighted by molar-refractivity contribution is 5.79. The van der Waals surface area contributed by atoms with Gasteiger partial charge in [-0.25, -0.2) is 0 Å². The van der Waals surface area contributed by atoms with E-state index in [-0.39, 0.29) is 18.4 Å². The smallest absolute Gasteiger partial charge is 0.224 e. The highest BCUT2D eigenvalue weighted by Gasteiger charge is 2.09. The molecule has 1 rings (SSSR count). The van der Waals surface area contributed by atoms with Gasteiger partial charge in [-0.3, -0.25) is 4.79 Å². The van der Waals surface area contributed by atoms with Gasteiger partial charge in [0, 0.05) is 18.7 Å². The molecule has 1 aromatic carbocycles. The molecule has 5 nitrogen and oxygen atoms in total. The molecule has 1 atom stereocenters. The Hall–Kier alpha value is -1.75. The molecule has 0 aliphatic heterocycles. The monoisotopic (exact) mass is 252 g/mol. The zero-order valence-electron chi connectivity index (χ0n) is 11.0. The summed E-state index contributed by atoms with van der Waals surface area (Å²) in [6, 6.07) is 5.37. The van der Waals surface area contributed by atoms with Crippen LogP contribution in [-0.2, 0) is 11.2 Å². The second kappa shape index (κ2) is 6.86. The first kappa shape index (κ1) is 14.3. The van der Waals surface area contributed by atoms with Crippen molar-refractivity contribution in [1.82, 2.24) is 5.32 Å². The van der Waals surface area contributed by atoms with Gasteiger partial charge in [0.1, 0.15) is 11.5 Å². The Kier molecular flexibility index (Phi) is 5.45. The summed E-state index contributed by atoms with van der Waals surface area (Å²) >= 11 is 0. The lowest BCUT2D eigenvalue weighted by molar-refractivity contribution is -0.120. The van der Waals surface area contributed by atoms with Crippen molar-refractivity contribution in [2.24, 2.45) is 5.73 Å². The van der Waals surface area contributed by atoms with Gasteiger partial charge in [0.2, 0.25) is 5.91 Å². The molecule has 5 heteroatoms. The number of benzene rings is 1. The third-order valence-electron chi connectivity index (χ3n) is 2.54. The van der Waals surface area contributed by atoms with E-state index in [1.807, 2.05) is 19.1 Å². The summed E-state index contributed by atoms with van der Waals surface area (Å²) < 4.78 is 10.3. The number of amides is 1. The minimum absolute atomic E-state index is 0.0231. The lowest BCUT2D eigenvalue weighted by Gasteiger charge is -2.12. The number of hydrogen-bond acceptors (Lipinski definition) is 4. The molecular weight excluding hydrogens is 232 g/mol. The van der Waals surface area contributed by atoms with E-state index in [9.17, 15) is 4.79 Å².